The van der Waals surface area contributed by atoms with Crippen molar-refractivity contribution >= 4 is 5.97 Å². The Morgan fingerprint density at radius 2 is 2.18 bits per heavy atom. The van der Waals surface area contributed by atoms with Gasteiger partial charge in [0.1, 0.15) is 5.82 Å². The van der Waals surface area contributed by atoms with Gasteiger partial charge in [0.2, 0.25) is 0 Å². The number of ether oxygens (including phenoxy) is 1. The van der Waals surface area contributed by atoms with Crippen LogP contribution < -0.4 is 0 Å². The standard InChI is InChI=1S/C13H17FO3/c1-8-4-5-11(14)10(6-8)13(16)9(2)7-12(15)17-3/h4-6,9,13,16H,7H2,1-3H3. The van der Waals surface area contributed by atoms with Crippen molar-refractivity contribution in [3.05, 3.63) is 35.1 Å². The van der Waals surface area contributed by atoms with Gasteiger partial charge in [-0.3, -0.25) is 4.79 Å². The normalized spacial score (nSPS) is 14.2. The molecule has 3 nitrogen and oxygen atoms in total. The number of methoxy groups -OCH3 is 1. The Balaban J connectivity index is 2.84. The van der Waals surface area contributed by atoms with Crippen LogP contribution in [0.5, 0.6) is 0 Å². The summed E-state index contributed by atoms with van der Waals surface area (Å²) in [6, 6.07) is 4.54. The number of hydrogen-bond donors (Lipinski definition) is 1. The molecule has 1 N–H and O–H groups in total. The largest absolute Gasteiger partial charge is 0.469 e. The quantitative estimate of drug-likeness (QED) is 0.822. The molecule has 0 bridgehead atoms. The highest BCUT2D eigenvalue weighted by Gasteiger charge is 2.22. The highest BCUT2D eigenvalue weighted by atomic mass is 19.1. The van der Waals surface area contributed by atoms with E-state index in [1.807, 2.05) is 6.92 Å². The number of rotatable bonds is 4. The lowest BCUT2D eigenvalue weighted by atomic mass is 9.93. The highest BCUT2D eigenvalue weighted by Crippen LogP contribution is 2.27. The summed E-state index contributed by atoms with van der Waals surface area (Å²) in [5.74, 6) is -1.26. The zero-order valence-electron chi connectivity index (χ0n) is 10.2. The highest BCUT2D eigenvalue weighted by molar-refractivity contribution is 5.69. The topological polar surface area (TPSA) is 46.5 Å². The second kappa shape index (κ2) is 5.77. The van der Waals surface area contributed by atoms with Crippen LogP contribution in [0.25, 0.3) is 0 Å². The Hall–Kier alpha value is -1.42. The lowest BCUT2D eigenvalue weighted by Gasteiger charge is -2.19. The molecule has 0 saturated heterocycles. The minimum Gasteiger partial charge on any atom is -0.469 e. The average molecular weight is 240 g/mol. The zero-order chi connectivity index (χ0) is 13.0. The molecular formula is C13H17FO3. The summed E-state index contributed by atoms with van der Waals surface area (Å²) in [4.78, 5) is 11.1. The molecule has 17 heavy (non-hydrogen) atoms. The van der Waals surface area contributed by atoms with Gasteiger partial charge in [0.05, 0.1) is 19.6 Å². The molecule has 1 rings (SSSR count). The van der Waals surface area contributed by atoms with Crippen molar-refractivity contribution in [2.75, 3.05) is 7.11 Å². The maximum absolute atomic E-state index is 13.5. The molecule has 0 fully saturated rings. The number of aryl methyl sites for hydroxylation is 1. The van der Waals surface area contributed by atoms with Crippen LogP contribution in [0.15, 0.2) is 18.2 Å². The van der Waals surface area contributed by atoms with E-state index < -0.39 is 23.8 Å². The Kier molecular flexibility index (Phi) is 4.63. The second-order valence-electron chi connectivity index (χ2n) is 4.23. The number of carbonyl (C=O) groups is 1. The van der Waals surface area contributed by atoms with Gasteiger partial charge in [0, 0.05) is 5.56 Å². The van der Waals surface area contributed by atoms with Crippen LogP contribution >= 0.6 is 0 Å². The van der Waals surface area contributed by atoms with Crippen LogP contribution in [-0.2, 0) is 9.53 Å². The minimum absolute atomic E-state index is 0.0606. The first-order chi connectivity index (χ1) is 7.95. The third-order valence-corrected chi connectivity index (χ3v) is 2.73. The van der Waals surface area contributed by atoms with E-state index in [1.165, 1.54) is 13.2 Å². The summed E-state index contributed by atoms with van der Waals surface area (Å²) in [6.07, 6.45) is -0.945. The molecule has 0 saturated carbocycles. The predicted molar refractivity (Wildman–Crippen MR) is 61.9 cm³/mol. The van der Waals surface area contributed by atoms with Crippen LogP contribution in [0.4, 0.5) is 4.39 Å². The molecule has 0 radical (unpaired) electrons. The molecule has 0 spiro atoms. The van der Waals surface area contributed by atoms with E-state index in [2.05, 4.69) is 4.74 Å². The summed E-state index contributed by atoms with van der Waals surface area (Å²) in [5.41, 5.74) is 1.09. The van der Waals surface area contributed by atoms with Crippen LogP contribution in [0.1, 0.15) is 30.6 Å². The summed E-state index contributed by atoms with van der Waals surface area (Å²) < 4.78 is 18.0. The number of benzene rings is 1. The lowest BCUT2D eigenvalue weighted by Crippen LogP contribution is -2.16. The Bertz CT molecular complexity index is 404. The number of aliphatic hydroxyl groups is 1. The van der Waals surface area contributed by atoms with Gasteiger partial charge in [-0.2, -0.15) is 0 Å². The van der Waals surface area contributed by atoms with Crippen molar-refractivity contribution in [1.82, 2.24) is 0 Å². The Labute approximate surface area is 100 Å². The second-order valence-corrected chi connectivity index (χ2v) is 4.23. The van der Waals surface area contributed by atoms with E-state index in [-0.39, 0.29) is 12.0 Å². The molecule has 0 aromatic heterocycles. The molecule has 94 valence electrons. The van der Waals surface area contributed by atoms with Gasteiger partial charge >= 0.3 is 5.97 Å². The summed E-state index contributed by atoms with van der Waals surface area (Å²) in [7, 11) is 1.29. The Morgan fingerprint density at radius 1 is 1.53 bits per heavy atom. The SMILES string of the molecule is COC(=O)CC(C)C(O)c1cc(C)ccc1F. The zero-order valence-corrected chi connectivity index (χ0v) is 10.2. The van der Waals surface area contributed by atoms with E-state index in [0.717, 1.165) is 5.56 Å². The lowest BCUT2D eigenvalue weighted by molar-refractivity contribution is -0.142. The van der Waals surface area contributed by atoms with Crippen LogP contribution in [-0.4, -0.2) is 18.2 Å². The van der Waals surface area contributed by atoms with E-state index in [0.29, 0.717) is 0 Å². The average Bonchev–Trinajstić information content (AvgIpc) is 2.31. The predicted octanol–water partition coefficient (Wildman–Crippen LogP) is 2.37. The number of aliphatic hydroxyl groups excluding tert-OH is 1. The van der Waals surface area contributed by atoms with E-state index in [4.69, 9.17) is 0 Å². The number of esters is 1. The van der Waals surface area contributed by atoms with Gasteiger partial charge in [-0.25, -0.2) is 4.39 Å². The van der Waals surface area contributed by atoms with Gasteiger partial charge in [-0.15, -0.1) is 0 Å². The summed E-state index contributed by atoms with van der Waals surface area (Å²) in [6.45, 7) is 3.50. The third kappa shape index (κ3) is 3.53. The minimum atomic E-state index is -1.01. The molecule has 0 amide bonds. The molecule has 2 unspecified atom stereocenters. The molecule has 0 aliphatic carbocycles. The molecule has 1 aromatic carbocycles. The van der Waals surface area contributed by atoms with Gasteiger partial charge in [0.15, 0.2) is 0 Å². The third-order valence-electron chi connectivity index (χ3n) is 2.73. The maximum atomic E-state index is 13.5. The van der Waals surface area contributed by atoms with Gasteiger partial charge in [0.25, 0.3) is 0 Å². The first-order valence-electron chi connectivity index (χ1n) is 5.46. The van der Waals surface area contributed by atoms with Crippen molar-refractivity contribution in [3.63, 3.8) is 0 Å². The molecule has 4 heteroatoms. The number of halogens is 1. The van der Waals surface area contributed by atoms with Gasteiger partial charge in [-0.05, 0) is 18.9 Å². The van der Waals surface area contributed by atoms with Crippen molar-refractivity contribution in [2.24, 2.45) is 5.92 Å². The Morgan fingerprint density at radius 3 is 2.76 bits per heavy atom. The van der Waals surface area contributed by atoms with Gasteiger partial charge in [-0.1, -0.05) is 24.6 Å². The van der Waals surface area contributed by atoms with Crippen LogP contribution in [0, 0.1) is 18.7 Å². The smallest absolute Gasteiger partial charge is 0.305 e. The number of carbonyl (C=O) groups excluding carboxylic acids is 1. The molecule has 0 aliphatic rings. The van der Waals surface area contributed by atoms with Crippen molar-refractivity contribution in [2.45, 2.75) is 26.4 Å². The fourth-order valence-electron chi connectivity index (χ4n) is 1.65. The van der Waals surface area contributed by atoms with Crippen molar-refractivity contribution < 1.29 is 19.0 Å². The molecule has 0 aliphatic heterocycles. The maximum Gasteiger partial charge on any atom is 0.305 e. The van der Waals surface area contributed by atoms with Crippen LogP contribution in [0.3, 0.4) is 0 Å². The molecular weight excluding hydrogens is 223 g/mol. The summed E-state index contributed by atoms with van der Waals surface area (Å²) >= 11 is 0. The first kappa shape index (κ1) is 13.6. The van der Waals surface area contributed by atoms with Crippen molar-refractivity contribution in [1.29, 1.82) is 0 Å². The van der Waals surface area contributed by atoms with Crippen LogP contribution in [0.2, 0.25) is 0 Å². The monoisotopic (exact) mass is 240 g/mol. The van der Waals surface area contributed by atoms with E-state index in [9.17, 15) is 14.3 Å². The van der Waals surface area contributed by atoms with Gasteiger partial charge < -0.3 is 9.84 Å². The van der Waals surface area contributed by atoms with E-state index in [1.54, 1.807) is 19.1 Å². The molecule has 0 heterocycles. The first-order valence-corrected chi connectivity index (χ1v) is 5.46. The summed E-state index contributed by atoms with van der Waals surface area (Å²) in [5, 5.41) is 9.99. The van der Waals surface area contributed by atoms with Crippen molar-refractivity contribution in [3.8, 4) is 0 Å². The van der Waals surface area contributed by atoms with E-state index >= 15 is 0 Å². The fraction of sp³-hybridized carbons (Fsp3) is 0.462. The molecule has 2 atom stereocenters. The fourth-order valence-corrected chi connectivity index (χ4v) is 1.65. The number of hydrogen-bond acceptors (Lipinski definition) is 3. The molecule has 1 aromatic rings.